The first-order chi connectivity index (χ1) is 19.3. The van der Waals surface area contributed by atoms with Crippen LogP contribution in [-0.4, -0.2) is 106 Å². The highest BCUT2D eigenvalue weighted by atomic mass is 28.3. The third-order valence-corrected chi connectivity index (χ3v) is 11.7. The lowest BCUT2D eigenvalue weighted by atomic mass is 9.75. The fourth-order valence-electron chi connectivity index (χ4n) is 5.33. The van der Waals surface area contributed by atoms with E-state index in [1.807, 2.05) is 20.8 Å². The summed E-state index contributed by atoms with van der Waals surface area (Å²) in [5.41, 5.74) is -2.24. The molecule has 248 valence electrons. The minimum Gasteiger partial charge on any atom is -0.444 e. The molecule has 0 aromatic heterocycles. The summed E-state index contributed by atoms with van der Waals surface area (Å²) in [5.74, 6) is 0. The molecule has 0 saturated heterocycles. The molecule has 0 radical (unpaired) electrons. The van der Waals surface area contributed by atoms with Crippen molar-refractivity contribution in [3.63, 3.8) is 0 Å². The van der Waals surface area contributed by atoms with Crippen LogP contribution in [0.5, 0.6) is 0 Å². The molecular weight excluding hydrogens is 571 g/mol. The van der Waals surface area contributed by atoms with Gasteiger partial charge in [0.25, 0.3) is 0 Å². The van der Waals surface area contributed by atoms with E-state index in [9.17, 15) is 15.0 Å². The zero-order valence-electron chi connectivity index (χ0n) is 28.3. The van der Waals surface area contributed by atoms with Crippen LogP contribution in [0.25, 0.3) is 0 Å². The van der Waals surface area contributed by atoms with Crippen molar-refractivity contribution in [2.24, 2.45) is 0 Å². The molecule has 0 heterocycles. The van der Waals surface area contributed by atoms with Gasteiger partial charge in [-0.2, -0.15) is 0 Å². The van der Waals surface area contributed by atoms with Crippen LogP contribution in [0.1, 0.15) is 72.1 Å². The van der Waals surface area contributed by atoms with Crippen molar-refractivity contribution >= 4 is 22.2 Å². The summed E-state index contributed by atoms with van der Waals surface area (Å²) < 4.78 is 29.3. The predicted molar refractivity (Wildman–Crippen MR) is 172 cm³/mol. The number of rotatable bonds is 20. The lowest BCUT2D eigenvalue weighted by Crippen LogP contribution is -2.57. The van der Waals surface area contributed by atoms with Crippen molar-refractivity contribution in [3.05, 3.63) is 0 Å². The van der Waals surface area contributed by atoms with Crippen molar-refractivity contribution < 1.29 is 38.7 Å². The van der Waals surface area contributed by atoms with E-state index in [1.165, 1.54) is 0 Å². The smallest absolute Gasteiger partial charge is 0.410 e. The van der Waals surface area contributed by atoms with Crippen molar-refractivity contribution in [3.8, 4) is 0 Å². The highest BCUT2D eigenvalue weighted by molar-refractivity contribution is 6.76. The van der Waals surface area contributed by atoms with Gasteiger partial charge < -0.3 is 33.9 Å². The molecule has 0 aliphatic heterocycles. The number of carbonyl (C=O) groups is 1. The molecule has 0 bridgehead atoms. The highest BCUT2D eigenvalue weighted by Crippen LogP contribution is 2.39. The van der Waals surface area contributed by atoms with Crippen LogP contribution >= 0.6 is 0 Å². The molecule has 11 heteroatoms. The van der Waals surface area contributed by atoms with Gasteiger partial charge >= 0.3 is 6.09 Å². The van der Waals surface area contributed by atoms with E-state index in [-0.39, 0.29) is 26.8 Å². The van der Waals surface area contributed by atoms with E-state index < -0.39 is 51.1 Å². The number of hydrogen-bond acceptors (Lipinski definition) is 8. The van der Waals surface area contributed by atoms with E-state index in [0.717, 1.165) is 24.9 Å². The standard InChI is InChI=1S/C31H63NO8Si2/c1-29(2,3)32(26(20-30(34)12-10-13-30)22-38-24-36-16-18-41(4,5)6)28(33)40-27(21-31(35)14-11-15-31)23-39-25-37-17-19-42(7,8)9/h26-27,34-35H,10-25H2,1-9H3. The first-order valence-electron chi connectivity index (χ1n) is 16.1. The number of hydrogen-bond donors (Lipinski definition) is 2. The summed E-state index contributed by atoms with van der Waals surface area (Å²) in [6, 6.07) is 1.70. The van der Waals surface area contributed by atoms with Gasteiger partial charge in [0.2, 0.25) is 0 Å². The number of amides is 1. The first kappa shape index (κ1) is 37.6. The minimum absolute atomic E-state index is 0.126. The Hall–Kier alpha value is -0.536. The molecule has 2 N–H and O–H groups in total. The van der Waals surface area contributed by atoms with Gasteiger partial charge in [-0.05, 0) is 77.8 Å². The third kappa shape index (κ3) is 14.5. The quantitative estimate of drug-likeness (QED) is 0.0924. The summed E-state index contributed by atoms with van der Waals surface area (Å²) in [6.45, 7) is 21.7. The Morgan fingerprint density at radius 1 is 0.762 bits per heavy atom. The maximum Gasteiger partial charge on any atom is 0.410 e. The van der Waals surface area contributed by atoms with Crippen LogP contribution in [0.3, 0.4) is 0 Å². The second-order valence-corrected chi connectivity index (χ2v) is 27.4. The van der Waals surface area contributed by atoms with Crippen LogP contribution in [0.15, 0.2) is 0 Å². The lowest BCUT2D eigenvalue weighted by molar-refractivity contribution is -0.125. The summed E-state index contributed by atoms with van der Waals surface area (Å²) in [5, 5.41) is 22.0. The van der Waals surface area contributed by atoms with Gasteiger partial charge in [-0.1, -0.05) is 39.3 Å². The highest BCUT2D eigenvalue weighted by Gasteiger charge is 2.44. The SMILES string of the molecule is CC(C)(C)N(C(=O)OC(COCOCC[Si](C)(C)C)CC1(O)CCC1)C(COCOCC[Si](C)(C)C)CC1(O)CCC1. The van der Waals surface area contributed by atoms with E-state index >= 15 is 0 Å². The van der Waals surface area contributed by atoms with Crippen molar-refractivity contribution in [2.45, 2.75) is 152 Å². The van der Waals surface area contributed by atoms with Gasteiger partial charge in [0.05, 0.1) is 30.5 Å². The Balaban J connectivity index is 2.06. The summed E-state index contributed by atoms with van der Waals surface area (Å²) >= 11 is 0. The van der Waals surface area contributed by atoms with Crippen LogP contribution in [-0.2, 0) is 23.7 Å². The molecule has 0 spiro atoms. The Bertz CT molecular complexity index is 800. The number of aliphatic hydroxyl groups is 2. The number of ether oxygens (including phenoxy) is 5. The van der Waals surface area contributed by atoms with Crippen LogP contribution < -0.4 is 0 Å². The Kier molecular flexibility index (Phi) is 14.5. The Labute approximate surface area is 258 Å². The van der Waals surface area contributed by atoms with Gasteiger partial charge in [-0.15, -0.1) is 0 Å². The van der Waals surface area contributed by atoms with E-state index in [1.54, 1.807) is 4.90 Å². The van der Waals surface area contributed by atoms with Crippen LogP contribution in [0.2, 0.25) is 51.4 Å². The molecule has 2 atom stereocenters. The molecule has 1 amide bonds. The van der Waals surface area contributed by atoms with Crippen LogP contribution in [0.4, 0.5) is 4.79 Å². The average Bonchev–Trinajstić information content (AvgIpc) is 2.78. The molecular formula is C31H63NO8Si2. The maximum absolute atomic E-state index is 13.9. The van der Waals surface area contributed by atoms with Crippen molar-refractivity contribution in [1.29, 1.82) is 0 Å². The molecule has 0 aromatic rings. The average molecular weight is 634 g/mol. The largest absolute Gasteiger partial charge is 0.444 e. The molecule has 2 fully saturated rings. The Morgan fingerprint density at radius 3 is 1.62 bits per heavy atom. The lowest BCUT2D eigenvalue weighted by Gasteiger charge is -2.46. The maximum atomic E-state index is 13.9. The first-order valence-corrected chi connectivity index (χ1v) is 23.5. The van der Waals surface area contributed by atoms with Crippen molar-refractivity contribution in [1.82, 2.24) is 4.90 Å². The van der Waals surface area contributed by atoms with E-state index in [4.69, 9.17) is 23.7 Å². The second kappa shape index (κ2) is 16.2. The predicted octanol–water partition coefficient (Wildman–Crippen LogP) is 6.23. The summed E-state index contributed by atoms with van der Waals surface area (Å²) in [6.07, 6.45) is 4.36. The van der Waals surface area contributed by atoms with Gasteiger partial charge in [0.15, 0.2) is 0 Å². The van der Waals surface area contributed by atoms with Gasteiger partial charge in [-0.25, -0.2) is 4.79 Å². The van der Waals surface area contributed by atoms with Crippen molar-refractivity contribution in [2.75, 3.05) is 40.0 Å². The third-order valence-electron chi connectivity index (χ3n) is 8.28. The molecule has 42 heavy (non-hydrogen) atoms. The number of carbonyl (C=O) groups excluding carboxylic acids is 1. The van der Waals surface area contributed by atoms with Crippen LogP contribution in [0, 0.1) is 0 Å². The fourth-order valence-corrected chi connectivity index (χ4v) is 6.84. The molecule has 9 nitrogen and oxygen atoms in total. The molecule has 2 rings (SSSR count). The summed E-state index contributed by atoms with van der Waals surface area (Å²) in [7, 11) is -2.39. The minimum atomic E-state index is -1.20. The molecule has 2 saturated carbocycles. The topological polar surface area (TPSA) is 107 Å². The molecule has 0 aromatic carbocycles. The molecule has 2 aliphatic rings. The summed E-state index contributed by atoms with van der Waals surface area (Å²) in [4.78, 5) is 15.6. The van der Waals surface area contributed by atoms with Gasteiger partial charge in [0.1, 0.15) is 19.7 Å². The zero-order chi connectivity index (χ0) is 31.7. The number of nitrogens with zero attached hydrogens (tertiary/aromatic N) is 1. The monoisotopic (exact) mass is 633 g/mol. The fraction of sp³-hybridized carbons (Fsp3) is 0.968. The van der Waals surface area contributed by atoms with E-state index in [0.29, 0.717) is 51.7 Å². The normalized spacial score (nSPS) is 19.9. The van der Waals surface area contributed by atoms with E-state index in [2.05, 4.69) is 39.3 Å². The van der Waals surface area contributed by atoms with Gasteiger partial charge in [0, 0.05) is 41.3 Å². The van der Waals surface area contributed by atoms with Gasteiger partial charge in [-0.3, -0.25) is 4.90 Å². The second-order valence-electron chi connectivity index (χ2n) is 16.2. The molecule has 2 unspecified atom stereocenters. The Morgan fingerprint density at radius 2 is 1.21 bits per heavy atom. The zero-order valence-corrected chi connectivity index (χ0v) is 30.3. The molecule has 2 aliphatic carbocycles.